The second-order valence-corrected chi connectivity index (χ2v) is 5.89. The number of ketones is 1. The maximum absolute atomic E-state index is 12.7. The lowest BCUT2D eigenvalue weighted by Crippen LogP contribution is -2.32. The van der Waals surface area contributed by atoms with Crippen molar-refractivity contribution in [2.24, 2.45) is 5.92 Å². The van der Waals surface area contributed by atoms with Crippen LogP contribution in [0.25, 0.3) is 5.57 Å². The number of carbonyl (C=O) groups is 1. The van der Waals surface area contributed by atoms with Crippen LogP contribution in [0, 0.1) is 5.92 Å². The zero-order valence-corrected chi connectivity index (χ0v) is 13.9. The van der Waals surface area contributed by atoms with E-state index in [0.29, 0.717) is 0 Å². The van der Waals surface area contributed by atoms with E-state index in [9.17, 15) is 4.79 Å². The highest BCUT2D eigenvalue weighted by Crippen LogP contribution is 2.29. The molecular formula is C19H25NO2. The lowest BCUT2D eigenvalue weighted by Gasteiger charge is -2.29. The molecule has 0 aliphatic carbocycles. The molecule has 0 saturated heterocycles. The fraction of sp³-hybridized carbons (Fsp3) is 0.421. The smallest absolute Gasteiger partial charge is 0.169 e. The summed E-state index contributed by atoms with van der Waals surface area (Å²) in [5.74, 6) is 1.08. The quantitative estimate of drug-likeness (QED) is 0.813. The second kappa shape index (κ2) is 7.30. The summed E-state index contributed by atoms with van der Waals surface area (Å²) in [6.45, 7) is 8.81. The largest absolute Gasteiger partial charge is 0.491 e. The van der Waals surface area contributed by atoms with Gasteiger partial charge in [0.05, 0.1) is 6.10 Å². The summed E-state index contributed by atoms with van der Waals surface area (Å²) < 4.78 is 5.74. The topological polar surface area (TPSA) is 29.5 Å². The van der Waals surface area contributed by atoms with E-state index in [1.165, 1.54) is 0 Å². The SMILES string of the molecule is CC=CN1C=C(c2cccc(OC(C)C)c2)C(=O)C(CC)C1. The lowest BCUT2D eigenvalue weighted by molar-refractivity contribution is -0.118. The Bertz CT molecular complexity index is 587. The number of rotatable bonds is 5. The summed E-state index contributed by atoms with van der Waals surface area (Å²) in [5.41, 5.74) is 1.70. The van der Waals surface area contributed by atoms with Crippen LogP contribution in [0.3, 0.4) is 0 Å². The summed E-state index contributed by atoms with van der Waals surface area (Å²) in [4.78, 5) is 14.8. The van der Waals surface area contributed by atoms with Crippen LogP contribution in [-0.4, -0.2) is 23.3 Å². The number of Topliss-reactive ketones (excluding diaryl/α,β-unsaturated/α-hetero) is 1. The molecule has 1 aromatic carbocycles. The van der Waals surface area contributed by atoms with E-state index in [4.69, 9.17) is 4.74 Å². The van der Waals surface area contributed by atoms with Gasteiger partial charge in [0, 0.05) is 24.2 Å². The van der Waals surface area contributed by atoms with E-state index in [2.05, 4.69) is 11.8 Å². The molecule has 1 aliphatic rings. The van der Waals surface area contributed by atoms with Crippen LogP contribution in [0.2, 0.25) is 0 Å². The Balaban J connectivity index is 2.37. The van der Waals surface area contributed by atoms with Gasteiger partial charge in [0.1, 0.15) is 5.75 Å². The molecule has 0 fully saturated rings. The molecule has 0 saturated carbocycles. The third kappa shape index (κ3) is 3.79. The standard InChI is InChI=1S/C19H25NO2/c1-5-10-20-12-15(6-2)19(21)18(13-20)16-8-7-9-17(11-16)22-14(3)4/h5,7-11,13-15H,6,12H2,1-4H3. The van der Waals surface area contributed by atoms with Gasteiger partial charge >= 0.3 is 0 Å². The highest BCUT2D eigenvalue weighted by Gasteiger charge is 2.27. The maximum Gasteiger partial charge on any atom is 0.169 e. The summed E-state index contributed by atoms with van der Waals surface area (Å²) in [7, 11) is 0. The highest BCUT2D eigenvalue weighted by molar-refractivity contribution is 6.22. The van der Waals surface area contributed by atoms with E-state index in [1.54, 1.807) is 0 Å². The Morgan fingerprint density at radius 3 is 2.82 bits per heavy atom. The normalized spacial score (nSPS) is 19.0. The molecule has 2 rings (SSSR count). The molecule has 1 aliphatic heterocycles. The average molecular weight is 299 g/mol. The van der Waals surface area contributed by atoms with Crippen molar-refractivity contribution in [2.45, 2.75) is 40.2 Å². The van der Waals surface area contributed by atoms with E-state index in [0.717, 1.165) is 29.9 Å². The maximum atomic E-state index is 12.7. The van der Waals surface area contributed by atoms with Crippen molar-refractivity contribution in [3.63, 3.8) is 0 Å². The Kier molecular flexibility index (Phi) is 5.42. The highest BCUT2D eigenvalue weighted by atomic mass is 16.5. The third-order valence-electron chi connectivity index (χ3n) is 3.71. The molecule has 0 N–H and O–H groups in total. The summed E-state index contributed by atoms with van der Waals surface area (Å²) in [6, 6.07) is 7.80. The van der Waals surface area contributed by atoms with Crippen molar-refractivity contribution in [2.75, 3.05) is 6.54 Å². The first-order valence-electron chi connectivity index (χ1n) is 7.96. The van der Waals surface area contributed by atoms with Gasteiger partial charge in [-0.05, 0) is 51.1 Å². The Morgan fingerprint density at radius 1 is 1.41 bits per heavy atom. The summed E-state index contributed by atoms with van der Waals surface area (Å²) >= 11 is 0. The van der Waals surface area contributed by atoms with Crippen LogP contribution in [-0.2, 0) is 4.79 Å². The van der Waals surface area contributed by atoms with Gasteiger partial charge in [0.25, 0.3) is 0 Å². The van der Waals surface area contributed by atoms with Crippen molar-refractivity contribution in [1.29, 1.82) is 0 Å². The predicted molar refractivity (Wildman–Crippen MR) is 90.5 cm³/mol. The minimum Gasteiger partial charge on any atom is -0.491 e. The predicted octanol–water partition coefficient (Wildman–Crippen LogP) is 4.26. The van der Waals surface area contributed by atoms with Gasteiger partial charge < -0.3 is 9.64 Å². The van der Waals surface area contributed by atoms with Gasteiger partial charge in [-0.25, -0.2) is 0 Å². The van der Waals surface area contributed by atoms with Crippen molar-refractivity contribution in [1.82, 2.24) is 4.90 Å². The molecule has 1 heterocycles. The van der Waals surface area contributed by atoms with Crippen LogP contribution >= 0.6 is 0 Å². The summed E-state index contributed by atoms with van der Waals surface area (Å²) in [6.07, 6.45) is 6.93. The third-order valence-corrected chi connectivity index (χ3v) is 3.71. The van der Waals surface area contributed by atoms with E-state index < -0.39 is 0 Å². The molecule has 0 aromatic heterocycles. The zero-order valence-electron chi connectivity index (χ0n) is 13.9. The first-order chi connectivity index (χ1) is 10.5. The molecule has 118 valence electrons. The molecule has 0 amide bonds. The minimum absolute atomic E-state index is 0.0471. The van der Waals surface area contributed by atoms with Crippen molar-refractivity contribution in [3.05, 3.63) is 48.3 Å². The Labute approximate surface area is 133 Å². The van der Waals surface area contributed by atoms with Gasteiger partial charge in [0.2, 0.25) is 0 Å². The van der Waals surface area contributed by atoms with Crippen molar-refractivity contribution in [3.8, 4) is 5.75 Å². The first kappa shape index (κ1) is 16.3. The number of ether oxygens (including phenoxy) is 1. The molecule has 0 bridgehead atoms. The molecule has 1 aromatic rings. The van der Waals surface area contributed by atoms with Gasteiger partial charge in [-0.15, -0.1) is 0 Å². The number of benzene rings is 1. The minimum atomic E-state index is 0.0471. The number of nitrogens with zero attached hydrogens (tertiary/aromatic N) is 1. The van der Waals surface area contributed by atoms with Crippen molar-refractivity contribution >= 4 is 11.4 Å². The molecule has 1 atom stereocenters. The molecule has 3 heteroatoms. The monoisotopic (exact) mass is 299 g/mol. The Hall–Kier alpha value is -2.03. The van der Waals surface area contributed by atoms with Gasteiger partial charge in [-0.3, -0.25) is 4.79 Å². The number of carbonyl (C=O) groups excluding carboxylic acids is 1. The fourth-order valence-corrected chi connectivity index (χ4v) is 2.68. The van der Waals surface area contributed by atoms with Crippen molar-refractivity contribution < 1.29 is 9.53 Å². The number of hydrogen-bond donors (Lipinski definition) is 0. The number of hydrogen-bond acceptors (Lipinski definition) is 3. The van der Waals surface area contributed by atoms with Gasteiger partial charge in [0.15, 0.2) is 5.78 Å². The van der Waals surface area contributed by atoms with Crippen LogP contribution in [0.4, 0.5) is 0 Å². The molecule has 0 radical (unpaired) electrons. The second-order valence-electron chi connectivity index (χ2n) is 5.89. The van der Waals surface area contributed by atoms with Gasteiger partial charge in [-0.2, -0.15) is 0 Å². The van der Waals surface area contributed by atoms with Crippen LogP contribution < -0.4 is 4.74 Å². The van der Waals surface area contributed by atoms with Gasteiger partial charge in [-0.1, -0.05) is 25.1 Å². The molecule has 1 unspecified atom stereocenters. The van der Waals surface area contributed by atoms with Crippen LogP contribution in [0.15, 0.2) is 42.7 Å². The first-order valence-corrected chi connectivity index (χ1v) is 7.96. The van der Waals surface area contributed by atoms with E-state index in [1.807, 2.05) is 63.5 Å². The zero-order chi connectivity index (χ0) is 16.1. The van der Waals surface area contributed by atoms with E-state index >= 15 is 0 Å². The molecule has 3 nitrogen and oxygen atoms in total. The molecule has 22 heavy (non-hydrogen) atoms. The molecule has 0 spiro atoms. The average Bonchev–Trinajstić information content (AvgIpc) is 2.48. The van der Waals surface area contributed by atoms with Crippen LogP contribution in [0.5, 0.6) is 5.75 Å². The lowest BCUT2D eigenvalue weighted by atomic mass is 9.88. The Morgan fingerprint density at radius 2 is 2.18 bits per heavy atom. The number of allylic oxidation sites excluding steroid dienone is 2. The fourth-order valence-electron chi connectivity index (χ4n) is 2.68. The summed E-state index contributed by atoms with van der Waals surface area (Å²) in [5, 5.41) is 0. The van der Waals surface area contributed by atoms with E-state index in [-0.39, 0.29) is 17.8 Å². The van der Waals surface area contributed by atoms with Crippen LogP contribution in [0.1, 0.15) is 39.7 Å². The molecular weight excluding hydrogens is 274 g/mol.